The maximum Gasteiger partial charge on any atom is 0.219 e. The fourth-order valence-corrected chi connectivity index (χ4v) is 1.71. The predicted octanol–water partition coefficient (Wildman–Crippen LogP) is 2.00. The number of amides is 1. The molecule has 0 aliphatic carbocycles. The number of hydrogen-bond donors (Lipinski definition) is 2. The van der Waals surface area contributed by atoms with Crippen LogP contribution in [0.25, 0.3) is 0 Å². The number of benzene rings is 1. The molecule has 1 atom stereocenters. The summed E-state index contributed by atoms with van der Waals surface area (Å²) in [6.07, 6.45) is 0.234. The highest BCUT2D eigenvalue weighted by molar-refractivity contribution is 9.10. The zero-order valence-corrected chi connectivity index (χ0v) is 10.4. The molecular weight excluding hydrogens is 270 g/mol. The molecule has 3 N–H and O–H groups in total. The molecule has 1 aromatic rings. The molecule has 0 aliphatic rings. The summed E-state index contributed by atoms with van der Waals surface area (Å²) in [5, 5.41) is 12.0. The van der Waals surface area contributed by atoms with Crippen LogP contribution >= 0.6 is 15.9 Å². The van der Waals surface area contributed by atoms with Crippen molar-refractivity contribution < 1.29 is 4.79 Å². The van der Waals surface area contributed by atoms with Gasteiger partial charge in [-0.05, 0) is 25.1 Å². The molecule has 16 heavy (non-hydrogen) atoms. The van der Waals surface area contributed by atoms with Crippen LogP contribution in [0.5, 0.6) is 0 Å². The number of nitrogens with zero attached hydrogens (tertiary/aromatic N) is 1. The fraction of sp³-hybridized carbons (Fsp3) is 0.273. The van der Waals surface area contributed by atoms with E-state index >= 15 is 0 Å². The second-order valence-electron chi connectivity index (χ2n) is 3.52. The number of nitrogens with two attached hydrogens (primary N) is 1. The molecule has 4 nitrogen and oxygen atoms in total. The Morgan fingerprint density at radius 3 is 2.94 bits per heavy atom. The lowest BCUT2D eigenvalue weighted by Crippen LogP contribution is -2.24. The first kappa shape index (κ1) is 12.5. The van der Waals surface area contributed by atoms with Crippen LogP contribution in [-0.2, 0) is 4.79 Å². The van der Waals surface area contributed by atoms with Crippen molar-refractivity contribution in [2.24, 2.45) is 5.73 Å². The topological polar surface area (TPSA) is 78.9 Å². The van der Waals surface area contributed by atoms with Gasteiger partial charge in [0.25, 0.3) is 0 Å². The van der Waals surface area contributed by atoms with Gasteiger partial charge < -0.3 is 11.1 Å². The van der Waals surface area contributed by atoms with E-state index in [9.17, 15) is 4.79 Å². The van der Waals surface area contributed by atoms with E-state index in [0.717, 1.165) is 4.47 Å². The highest BCUT2D eigenvalue weighted by atomic mass is 79.9. The third-order valence-electron chi connectivity index (χ3n) is 2.01. The fourth-order valence-electron chi connectivity index (χ4n) is 1.35. The van der Waals surface area contributed by atoms with Gasteiger partial charge in [-0.25, -0.2) is 0 Å². The standard InChI is InChI=1S/C11H12BrN3O/c1-7(4-11(14)16)15-10-5-9(12)3-2-8(10)6-13/h2-3,5,7,15H,4H2,1H3,(H2,14,16). The van der Waals surface area contributed by atoms with Crippen LogP contribution in [0, 0.1) is 11.3 Å². The molecule has 0 fully saturated rings. The van der Waals surface area contributed by atoms with Crippen molar-refractivity contribution in [2.75, 3.05) is 5.32 Å². The van der Waals surface area contributed by atoms with Gasteiger partial charge in [0.05, 0.1) is 11.3 Å². The van der Waals surface area contributed by atoms with E-state index in [2.05, 4.69) is 27.3 Å². The highest BCUT2D eigenvalue weighted by Crippen LogP contribution is 2.21. The number of rotatable bonds is 4. The molecule has 1 aromatic carbocycles. The summed E-state index contributed by atoms with van der Waals surface area (Å²) in [5.74, 6) is -0.367. The summed E-state index contributed by atoms with van der Waals surface area (Å²) in [5.41, 5.74) is 6.34. The zero-order chi connectivity index (χ0) is 12.1. The van der Waals surface area contributed by atoms with E-state index in [1.54, 1.807) is 18.2 Å². The zero-order valence-electron chi connectivity index (χ0n) is 8.83. The molecule has 0 heterocycles. The second kappa shape index (κ2) is 5.52. The lowest BCUT2D eigenvalue weighted by Gasteiger charge is -2.14. The van der Waals surface area contributed by atoms with E-state index < -0.39 is 0 Å². The average molecular weight is 282 g/mol. The first-order valence-corrected chi connectivity index (χ1v) is 5.56. The van der Waals surface area contributed by atoms with Crippen molar-refractivity contribution in [3.05, 3.63) is 28.2 Å². The molecule has 84 valence electrons. The van der Waals surface area contributed by atoms with Gasteiger partial charge in [-0.3, -0.25) is 4.79 Å². The van der Waals surface area contributed by atoms with Crippen LogP contribution in [-0.4, -0.2) is 11.9 Å². The molecule has 1 amide bonds. The Labute approximate surface area is 103 Å². The van der Waals surface area contributed by atoms with Crippen molar-refractivity contribution in [2.45, 2.75) is 19.4 Å². The van der Waals surface area contributed by atoms with Crippen molar-refractivity contribution >= 4 is 27.5 Å². The van der Waals surface area contributed by atoms with E-state index in [0.29, 0.717) is 11.3 Å². The molecule has 1 rings (SSSR count). The summed E-state index contributed by atoms with van der Waals surface area (Å²) in [4.78, 5) is 10.7. The largest absolute Gasteiger partial charge is 0.381 e. The molecular formula is C11H12BrN3O. The van der Waals surface area contributed by atoms with Gasteiger partial charge in [0, 0.05) is 16.9 Å². The first-order valence-electron chi connectivity index (χ1n) is 4.77. The van der Waals surface area contributed by atoms with Crippen LogP contribution in [0.2, 0.25) is 0 Å². The van der Waals surface area contributed by atoms with Crippen molar-refractivity contribution in [1.82, 2.24) is 0 Å². The number of carbonyl (C=O) groups is 1. The molecule has 0 aliphatic heterocycles. The number of nitriles is 1. The maximum atomic E-state index is 10.7. The monoisotopic (exact) mass is 281 g/mol. The van der Waals surface area contributed by atoms with Gasteiger partial charge >= 0.3 is 0 Å². The third-order valence-corrected chi connectivity index (χ3v) is 2.50. The molecule has 0 spiro atoms. The number of carbonyl (C=O) groups excluding carboxylic acids is 1. The van der Waals surface area contributed by atoms with Gasteiger partial charge in [0.15, 0.2) is 0 Å². The van der Waals surface area contributed by atoms with Crippen molar-refractivity contribution in [3.8, 4) is 6.07 Å². The number of nitrogens with one attached hydrogen (secondary N) is 1. The number of hydrogen-bond acceptors (Lipinski definition) is 3. The summed E-state index contributed by atoms with van der Waals surface area (Å²) < 4.78 is 0.875. The van der Waals surface area contributed by atoms with Crippen LogP contribution in [0.1, 0.15) is 18.9 Å². The Morgan fingerprint density at radius 2 is 2.38 bits per heavy atom. The number of primary amides is 1. The van der Waals surface area contributed by atoms with Crippen molar-refractivity contribution in [1.29, 1.82) is 5.26 Å². The van der Waals surface area contributed by atoms with Crippen LogP contribution in [0.15, 0.2) is 22.7 Å². The van der Waals surface area contributed by atoms with Crippen LogP contribution in [0.4, 0.5) is 5.69 Å². The van der Waals surface area contributed by atoms with E-state index in [-0.39, 0.29) is 18.4 Å². The van der Waals surface area contributed by atoms with E-state index in [1.807, 2.05) is 6.92 Å². The normalized spacial score (nSPS) is 11.6. The first-order chi connectivity index (χ1) is 7.52. The predicted molar refractivity (Wildman–Crippen MR) is 65.8 cm³/mol. The smallest absolute Gasteiger partial charge is 0.219 e. The van der Waals surface area contributed by atoms with Gasteiger partial charge in [0.2, 0.25) is 5.91 Å². The minimum absolute atomic E-state index is 0.0982. The molecule has 0 saturated carbocycles. The molecule has 0 bridgehead atoms. The Hall–Kier alpha value is -1.54. The highest BCUT2D eigenvalue weighted by Gasteiger charge is 2.09. The number of halogens is 1. The second-order valence-corrected chi connectivity index (χ2v) is 4.43. The Morgan fingerprint density at radius 1 is 1.69 bits per heavy atom. The SMILES string of the molecule is CC(CC(N)=O)Nc1cc(Br)ccc1C#N. The van der Waals surface area contributed by atoms with Gasteiger partial charge in [0.1, 0.15) is 6.07 Å². The Balaban J connectivity index is 2.84. The van der Waals surface area contributed by atoms with Gasteiger partial charge in [-0.2, -0.15) is 5.26 Å². The maximum absolute atomic E-state index is 10.7. The molecule has 5 heteroatoms. The van der Waals surface area contributed by atoms with Crippen LogP contribution < -0.4 is 11.1 Å². The summed E-state index contributed by atoms with van der Waals surface area (Å²) in [7, 11) is 0. The van der Waals surface area contributed by atoms with E-state index in [1.165, 1.54) is 0 Å². The van der Waals surface area contributed by atoms with Crippen LogP contribution in [0.3, 0.4) is 0 Å². The molecule has 0 aromatic heterocycles. The third kappa shape index (κ3) is 3.55. The lowest BCUT2D eigenvalue weighted by molar-refractivity contribution is -0.118. The molecule has 1 unspecified atom stereocenters. The minimum Gasteiger partial charge on any atom is -0.381 e. The minimum atomic E-state index is -0.367. The lowest BCUT2D eigenvalue weighted by atomic mass is 10.1. The summed E-state index contributed by atoms with van der Waals surface area (Å²) >= 11 is 3.33. The van der Waals surface area contributed by atoms with Gasteiger partial charge in [-0.15, -0.1) is 0 Å². The number of anilines is 1. The summed E-state index contributed by atoms with van der Waals surface area (Å²) in [6, 6.07) is 7.29. The molecule has 0 saturated heterocycles. The Bertz CT molecular complexity index is 439. The summed E-state index contributed by atoms with van der Waals surface area (Å²) in [6.45, 7) is 1.84. The average Bonchev–Trinajstić information content (AvgIpc) is 2.16. The van der Waals surface area contributed by atoms with E-state index in [4.69, 9.17) is 11.0 Å². The quantitative estimate of drug-likeness (QED) is 0.886. The van der Waals surface area contributed by atoms with Crippen molar-refractivity contribution in [3.63, 3.8) is 0 Å². The Kier molecular flexibility index (Phi) is 4.32. The van der Waals surface area contributed by atoms with Gasteiger partial charge in [-0.1, -0.05) is 15.9 Å². The molecule has 0 radical (unpaired) electrons.